The van der Waals surface area contributed by atoms with E-state index in [1.165, 1.54) is 24.3 Å². The second-order valence-corrected chi connectivity index (χ2v) is 8.55. The molecule has 1 unspecified atom stereocenters. The molecule has 150 valence electrons. The first-order valence-corrected chi connectivity index (χ1v) is 10.5. The van der Waals surface area contributed by atoms with Crippen LogP contribution in [0, 0.1) is 0 Å². The van der Waals surface area contributed by atoms with E-state index in [4.69, 9.17) is 11.6 Å². The second kappa shape index (κ2) is 9.84. The zero-order valence-corrected chi connectivity index (χ0v) is 17.4. The monoisotopic (exact) mass is 421 g/mol. The number of rotatable bonds is 9. The number of hydrogen-bond donors (Lipinski definition) is 2. The third-order valence-electron chi connectivity index (χ3n) is 4.17. The van der Waals surface area contributed by atoms with Crippen LogP contribution in [0.2, 0.25) is 5.02 Å². The molecule has 0 spiro atoms. The van der Waals surface area contributed by atoms with Crippen molar-refractivity contribution >= 4 is 27.5 Å². The molecule has 0 fully saturated rings. The fourth-order valence-corrected chi connectivity index (χ4v) is 3.97. The molecule has 2 aromatic rings. The largest absolute Gasteiger partial charge is 0.350 e. The molecular formula is C20H24ClN3O3S. The van der Waals surface area contributed by atoms with Crippen LogP contribution in [0.15, 0.2) is 66.1 Å². The highest BCUT2D eigenvalue weighted by atomic mass is 35.5. The summed E-state index contributed by atoms with van der Waals surface area (Å²) in [6.07, 6.45) is 1.45. The van der Waals surface area contributed by atoms with Gasteiger partial charge in [0.25, 0.3) is 5.91 Å². The lowest BCUT2D eigenvalue weighted by atomic mass is 10.1. The highest BCUT2D eigenvalue weighted by Gasteiger charge is 2.19. The van der Waals surface area contributed by atoms with Crippen LogP contribution in [-0.2, 0) is 10.0 Å². The first-order valence-electron chi connectivity index (χ1n) is 8.66. The molecule has 0 aliphatic rings. The number of hydrogen-bond acceptors (Lipinski definition) is 4. The van der Waals surface area contributed by atoms with Crippen molar-refractivity contribution in [1.29, 1.82) is 0 Å². The highest BCUT2D eigenvalue weighted by molar-refractivity contribution is 7.89. The smallest absolute Gasteiger partial charge is 0.251 e. The Bertz CT molecular complexity index is 945. The lowest BCUT2D eigenvalue weighted by Crippen LogP contribution is -2.34. The summed E-state index contributed by atoms with van der Waals surface area (Å²) in [6.45, 7) is 3.92. The van der Waals surface area contributed by atoms with Gasteiger partial charge in [-0.15, -0.1) is 6.58 Å². The fraction of sp³-hybridized carbons (Fsp3) is 0.250. The van der Waals surface area contributed by atoms with Crippen molar-refractivity contribution < 1.29 is 13.2 Å². The maximum atomic E-state index is 12.6. The van der Waals surface area contributed by atoms with E-state index in [0.717, 1.165) is 5.56 Å². The van der Waals surface area contributed by atoms with Gasteiger partial charge in [0.05, 0.1) is 10.9 Å². The number of carbonyl (C=O) groups excluding carboxylic acids is 1. The van der Waals surface area contributed by atoms with Crippen molar-refractivity contribution in [1.82, 2.24) is 14.9 Å². The zero-order chi connectivity index (χ0) is 20.7. The van der Waals surface area contributed by atoms with E-state index in [1.807, 2.05) is 37.2 Å². The van der Waals surface area contributed by atoms with Gasteiger partial charge >= 0.3 is 0 Å². The van der Waals surface area contributed by atoms with E-state index in [1.54, 1.807) is 12.1 Å². The molecule has 0 saturated heterocycles. The number of amides is 1. The van der Waals surface area contributed by atoms with Crippen LogP contribution < -0.4 is 10.0 Å². The molecule has 6 nitrogen and oxygen atoms in total. The SMILES string of the molecule is C=CCNS(=O)(=O)c1cccc(C(=O)NCC(c2ccccc2Cl)N(C)C)c1. The Morgan fingerprint density at radius 3 is 2.57 bits per heavy atom. The molecule has 0 aromatic heterocycles. The van der Waals surface area contributed by atoms with Crippen LogP contribution in [0.1, 0.15) is 22.0 Å². The van der Waals surface area contributed by atoms with Crippen LogP contribution in [0.4, 0.5) is 0 Å². The molecule has 0 saturated carbocycles. The molecule has 0 aliphatic carbocycles. The summed E-state index contributed by atoms with van der Waals surface area (Å²) in [5, 5.41) is 3.48. The molecule has 2 aromatic carbocycles. The van der Waals surface area contributed by atoms with Gasteiger partial charge in [0.1, 0.15) is 0 Å². The Kier molecular flexibility index (Phi) is 7.77. The molecule has 0 heterocycles. The van der Waals surface area contributed by atoms with Gasteiger partial charge in [-0.3, -0.25) is 4.79 Å². The molecule has 28 heavy (non-hydrogen) atoms. The van der Waals surface area contributed by atoms with Crippen molar-refractivity contribution in [3.8, 4) is 0 Å². The minimum Gasteiger partial charge on any atom is -0.350 e. The van der Waals surface area contributed by atoms with Crippen molar-refractivity contribution in [2.45, 2.75) is 10.9 Å². The summed E-state index contributed by atoms with van der Waals surface area (Å²) in [5.41, 5.74) is 1.16. The maximum Gasteiger partial charge on any atom is 0.251 e. The molecular weight excluding hydrogens is 398 g/mol. The summed E-state index contributed by atoms with van der Waals surface area (Å²) in [5.74, 6) is -0.361. The minimum absolute atomic E-state index is 0.0252. The van der Waals surface area contributed by atoms with E-state index in [9.17, 15) is 13.2 Å². The normalized spacial score (nSPS) is 12.6. The summed E-state index contributed by atoms with van der Waals surface area (Å²) < 4.78 is 26.8. The number of sulfonamides is 1. The maximum absolute atomic E-state index is 12.6. The van der Waals surface area contributed by atoms with Gasteiger partial charge in [0.15, 0.2) is 0 Å². The van der Waals surface area contributed by atoms with Gasteiger partial charge in [-0.1, -0.05) is 41.9 Å². The lowest BCUT2D eigenvalue weighted by Gasteiger charge is -2.26. The standard InChI is InChI=1S/C20H24ClN3O3S/c1-4-12-23-28(26,27)16-9-7-8-15(13-16)20(25)22-14-19(24(2)3)17-10-5-6-11-18(17)21/h4-11,13,19,23H,1,12,14H2,2-3H3,(H,22,25). The summed E-state index contributed by atoms with van der Waals surface area (Å²) >= 11 is 6.29. The third kappa shape index (κ3) is 5.65. The van der Waals surface area contributed by atoms with E-state index in [-0.39, 0.29) is 29.0 Å². The number of benzene rings is 2. The number of carbonyl (C=O) groups is 1. The number of nitrogens with one attached hydrogen (secondary N) is 2. The van der Waals surface area contributed by atoms with Crippen molar-refractivity contribution in [3.63, 3.8) is 0 Å². The van der Waals surface area contributed by atoms with Crippen LogP contribution in [-0.4, -0.2) is 46.4 Å². The van der Waals surface area contributed by atoms with E-state index in [2.05, 4.69) is 16.6 Å². The van der Waals surface area contributed by atoms with Crippen molar-refractivity contribution in [2.24, 2.45) is 0 Å². The Hall–Kier alpha value is -2.19. The van der Waals surface area contributed by atoms with E-state index >= 15 is 0 Å². The summed E-state index contributed by atoms with van der Waals surface area (Å²) in [4.78, 5) is 14.6. The van der Waals surface area contributed by atoms with Gasteiger partial charge in [-0.05, 0) is 43.9 Å². The number of halogens is 1. The average Bonchev–Trinajstić information content (AvgIpc) is 2.67. The van der Waals surface area contributed by atoms with Crippen molar-refractivity contribution in [3.05, 3.63) is 77.3 Å². The van der Waals surface area contributed by atoms with Crippen LogP contribution in [0.5, 0.6) is 0 Å². The van der Waals surface area contributed by atoms with Crippen LogP contribution in [0.25, 0.3) is 0 Å². The number of nitrogens with zero attached hydrogens (tertiary/aromatic N) is 1. The first kappa shape index (κ1) is 22.1. The molecule has 0 aliphatic heterocycles. The minimum atomic E-state index is -3.70. The molecule has 2 N–H and O–H groups in total. The van der Waals surface area contributed by atoms with Gasteiger partial charge in [-0.25, -0.2) is 13.1 Å². The average molecular weight is 422 g/mol. The molecule has 1 atom stereocenters. The fourth-order valence-electron chi connectivity index (χ4n) is 2.66. The predicted octanol–water partition coefficient (Wildman–Crippen LogP) is 2.84. The quantitative estimate of drug-likeness (QED) is 0.610. The zero-order valence-electron chi connectivity index (χ0n) is 15.9. The Morgan fingerprint density at radius 2 is 1.93 bits per heavy atom. The lowest BCUT2D eigenvalue weighted by molar-refractivity contribution is 0.0941. The Morgan fingerprint density at radius 1 is 1.21 bits per heavy atom. The number of likely N-dealkylation sites (N-methyl/N-ethyl adjacent to an activating group) is 1. The molecule has 0 radical (unpaired) electrons. The predicted molar refractivity (Wildman–Crippen MR) is 112 cm³/mol. The van der Waals surface area contributed by atoms with Gasteiger partial charge in [0, 0.05) is 23.7 Å². The summed E-state index contributed by atoms with van der Waals surface area (Å²) in [6, 6.07) is 13.2. The van der Waals surface area contributed by atoms with Gasteiger partial charge < -0.3 is 10.2 Å². The Labute approximate surface area is 171 Å². The summed E-state index contributed by atoms with van der Waals surface area (Å²) in [7, 11) is 0.104. The highest BCUT2D eigenvalue weighted by Crippen LogP contribution is 2.25. The molecule has 0 bridgehead atoms. The van der Waals surface area contributed by atoms with Gasteiger partial charge in [0.2, 0.25) is 10.0 Å². The van der Waals surface area contributed by atoms with Crippen LogP contribution in [0.3, 0.4) is 0 Å². The third-order valence-corrected chi connectivity index (χ3v) is 5.93. The molecule has 8 heteroatoms. The molecule has 2 rings (SSSR count). The van der Waals surface area contributed by atoms with E-state index < -0.39 is 10.0 Å². The first-order chi connectivity index (χ1) is 13.3. The van der Waals surface area contributed by atoms with Crippen LogP contribution >= 0.6 is 11.6 Å². The van der Waals surface area contributed by atoms with Gasteiger partial charge in [-0.2, -0.15) is 0 Å². The second-order valence-electron chi connectivity index (χ2n) is 6.38. The van der Waals surface area contributed by atoms with E-state index in [0.29, 0.717) is 11.6 Å². The Balaban J connectivity index is 2.15. The van der Waals surface area contributed by atoms with Crippen molar-refractivity contribution in [2.75, 3.05) is 27.2 Å². The molecule has 1 amide bonds. The topological polar surface area (TPSA) is 78.5 Å².